The van der Waals surface area contributed by atoms with Gasteiger partial charge in [0.15, 0.2) is 0 Å². The van der Waals surface area contributed by atoms with Gasteiger partial charge in [-0.3, -0.25) is 9.53 Å². The van der Waals surface area contributed by atoms with E-state index in [1.54, 1.807) is 6.07 Å². The molecule has 1 saturated carbocycles. The molecule has 2 nitrogen and oxygen atoms in total. The second-order valence-electron chi connectivity index (χ2n) is 6.58. The van der Waals surface area contributed by atoms with Crippen LogP contribution in [-0.2, 0) is 10.8 Å². The number of benzene rings is 1. The van der Waals surface area contributed by atoms with Crippen LogP contribution in [0.4, 0.5) is 4.39 Å². The highest BCUT2D eigenvalue weighted by Gasteiger charge is 2.25. The first-order valence-corrected chi connectivity index (χ1v) is 8.52. The lowest BCUT2D eigenvalue weighted by Gasteiger charge is -2.21. The molecule has 4 heteroatoms. The van der Waals surface area contributed by atoms with Crippen LogP contribution in [0.5, 0.6) is 0 Å². The first kappa shape index (κ1) is 15.6. The highest BCUT2D eigenvalue weighted by atomic mass is 32.2. The molecule has 1 aliphatic carbocycles. The van der Waals surface area contributed by atoms with Crippen LogP contribution in [0.15, 0.2) is 18.2 Å². The summed E-state index contributed by atoms with van der Waals surface area (Å²) in [4.78, 5) is 0. The summed E-state index contributed by atoms with van der Waals surface area (Å²) in [6.45, 7) is 7.77. The molecule has 1 fully saturated rings. The van der Waals surface area contributed by atoms with E-state index in [1.807, 2.05) is 39.8 Å². The second kappa shape index (κ2) is 5.94. The van der Waals surface area contributed by atoms with Gasteiger partial charge in [0, 0.05) is 27.2 Å². The summed E-state index contributed by atoms with van der Waals surface area (Å²) in [6, 6.07) is 5.28. The van der Waals surface area contributed by atoms with Crippen LogP contribution in [0.2, 0.25) is 0 Å². The normalized spacial score (nSPS) is 18.9. The Balaban J connectivity index is 2.03. The van der Waals surface area contributed by atoms with Gasteiger partial charge in [-0.2, -0.15) is 0 Å². The van der Waals surface area contributed by atoms with E-state index in [9.17, 15) is 8.60 Å². The Morgan fingerprint density at radius 1 is 1.40 bits per heavy atom. The Hall–Kier alpha value is -0.740. The van der Waals surface area contributed by atoms with E-state index < -0.39 is 10.8 Å². The number of rotatable bonds is 5. The minimum absolute atomic E-state index is 0.125. The van der Waals surface area contributed by atoms with Gasteiger partial charge in [-0.15, -0.1) is 0 Å². The van der Waals surface area contributed by atoms with Gasteiger partial charge < -0.3 is 0 Å². The summed E-state index contributed by atoms with van der Waals surface area (Å²) in [5.41, 5.74) is 1.91. The molecule has 1 N–H and O–H groups in total. The maximum absolute atomic E-state index is 13.9. The molecule has 1 aromatic rings. The van der Waals surface area contributed by atoms with Crippen LogP contribution in [-0.4, -0.2) is 14.8 Å². The molecule has 0 saturated heterocycles. The zero-order chi connectivity index (χ0) is 14.9. The van der Waals surface area contributed by atoms with Gasteiger partial charge >= 0.3 is 0 Å². The maximum Gasteiger partial charge on any atom is 0.127 e. The zero-order valence-electron chi connectivity index (χ0n) is 12.7. The van der Waals surface area contributed by atoms with Crippen molar-refractivity contribution < 1.29 is 8.60 Å². The molecular weight excluding hydrogens is 273 g/mol. The lowest BCUT2D eigenvalue weighted by molar-refractivity contribution is 0.549. The molecule has 0 amide bonds. The van der Waals surface area contributed by atoms with E-state index in [2.05, 4.69) is 5.32 Å². The highest BCUT2D eigenvalue weighted by molar-refractivity contribution is 7.86. The first-order valence-electron chi connectivity index (χ1n) is 7.20. The average molecular weight is 297 g/mol. The molecule has 112 valence electrons. The van der Waals surface area contributed by atoms with Gasteiger partial charge in [0.1, 0.15) is 5.82 Å². The van der Waals surface area contributed by atoms with E-state index in [-0.39, 0.29) is 16.6 Å². The average Bonchev–Trinajstić information content (AvgIpc) is 3.19. The highest BCUT2D eigenvalue weighted by Crippen LogP contribution is 2.40. The molecule has 0 aliphatic heterocycles. The molecule has 0 radical (unpaired) electrons. The maximum atomic E-state index is 13.9. The fourth-order valence-corrected chi connectivity index (χ4v) is 2.93. The molecule has 20 heavy (non-hydrogen) atoms. The van der Waals surface area contributed by atoms with Crippen molar-refractivity contribution in [3.8, 4) is 0 Å². The monoisotopic (exact) mass is 297 g/mol. The van der Waals surface area contributed by atoms with Crippen LogP contribution in [0.3, 0.4) is 0 Å². The van der Waals surface area contributed by atoms with Crippen molar-refractivity contribution in [3.63, 3.8) is 0 Å². The SMILES string of the molecule is C[C@H](NCS(=O)C(C)(C)C)c1cc(C2CC2)ccc1F. The van der Waals surface area contributed by atoms with Crippen molar-refractivity contribution in [2.24, 2.45) is 0 Å². The predicted octanol–water partition coefficient (Wildman–Crippen LogP) is 3.86. The lowest BCUT2D eigenvalue weighted by Crippen LogP contribution is -2.32. The molecule has 1 unspecified atom stereocenters. The van der Waals surface area contributed by atoms with Crippen LogP contribution in [0.1, 0.15) is 63.6 Å². The molecule has 0 aromatic heterocycles. The van der Waals surface area contributed by atoms with E-state index >= 15 is 0 Å². The van der Waals surface area contributed by atoms with Gasteiger partial charge in [0.05, 0.1) is 5.88 Å². The van der Waals surface area contributed by atoms with Gasteiger partial charge in [0.2, 0.25) is 0 Å². The Kier molecular flexibility index (Phi) is 4.65. The van der Waals surface area contributed by atoms with Crippen molar-refractivity contribution >= 4 is 10.8 Å². The first-order chi connectivity index (χ1) is 9.29. The molecule has 2 atom stereocenters. The molecule has 1 aromatic carbocycles. The van der Waals surface area contributed by atoms with Gasteiger partial charge in [-0.05, 0) is 58.1 Å². The summed E-state index contributed by atoms with van der Waals surface area (Å²) in [5, 5.41) is 3.19. The summed E-state index contributed by atoms with van der Waals surface area (Å²) in [7, 11) is -0.974. The molecule has 1 aliphatic rings. The van der Waals surface area contributed by atoms with Crippen molar-refractivity contribution in [1.29, 1.82) is 0 Å². The lowest BCUT2D eigenvalue weighted by atomic mass is 10.0. The largest absolute Gasteiger partial charge is 0.299 e. The smallest absolute Gasteiger partial charge is 0.127 e. The topological polar surface area (TPSA) is 29.1 Å². The third-order valence-electron chi connectivity index (χ3n) is 3.74. The van der Waals surface area contributed by atoms with Crippen LogP contribution < -0.4 is 5.32 Å². The summed E-state index contributed by atoms with van der Waals surface area (Å²) < 4.78 is 25.7. The standard InChI is InChI=1S/C16H24FNOS/c1-11(18-10-20(19)16(2,3)4)14-9-13(12-5-6-12)7-8-15(14)17/h7-9,11-12,18H,5-6,10H2,1-4H3/t11-,20?/m0/s1. The summed E-state index contributed by atoms with van der Waals surface area (Å²) >= 11 is 0. The van der Waals surface area contributed by atoms with Crippen molar-refractivity contribution in [3.05, 3.63) is 35.1 Å². The fraction of sp³-hybridized carbons (Fsp3) is 0.625. The minimum Gasteiger partial charge on any atom is -0.299 e. The van der Waals surface area contributed by atoms with Gasteiger partial charge in [0.25, 0.3) is 0 Å². The van der Waals surface area contributed by atoms with Crippen LogP contribution >= 0.6 is 0 Å². The Bertz CT molecular complexity index is 506. The van der Waals surface area contributed by atoms with Crippen LogP contribution in [0.25, 0.3) is 0 Å². The van der Waals surface area contributed by atoms with Crippen molar-refractivity contribution in [2.45, 2.75) is 57.2 Å². The predicted molar refractivity (Wildman–Crippen MR) is 82.7 cm³/mol. The Morgan fingerprint density at radius 2 is 2.05 bits per heavy atom. The van der Waals surface area contributed by atoms with Crippen molar-refractivity contribution in [1.82, 2.24) is 5.32 Å². The Labute approximate surface area is 123 Å². The van der Waals surface area contributed by atoms with E-state index in [0.29, 0.717) is 17.4 Å². The fourth-order valence-electron chi connectivity index (χ4n) is 2.09. The van der Waals surface area contributed by atoms with Crippen molar-refractivity contribution in [2.75, 3.05) is 5.88 Å². The van der Waals surface area contributed by atoms with E-state index in [4.69, 9.17) is 0 Å². The number of hydrogen-bond donors (Lipinski definition) is 1. The second-order valence-corrected chi connectivity index (χ2v) is 8.79. The number of halogens is 1. The van der Waals surface area contributed by atoms with Gasteiger partial charge in [-0.1, -0.05) is 12.1 Å². The third kappa shape index (κ3) is 3.89. The number of hydrogen-bond acceptors (Lipinski definition) is 2. The summed E-state index contributed by atoms with van der Waals surface area (Å²) in [6.07, 6.45) is 2.42. The minimum atomic E-state index is -0.974. The van der Waals surface area contributed by atoms with Crippen LogP contribution in [0, 0.1) is 5.82 Å². The number of nitrogens with one attached hydrogen (secondary N) is 1. The van der Waals surface area contributed by atoms with E-state index in [1.165, 1.54) is 18.4 Å². The molecular formula is C16H24FNOS. The molecule has 0 spiro atoms. The Morgan fingerprint density at radius 3 is 2.60 bits per heavy atom. The summed E-state index contributed by atoms with van der Waals surface area (Å²) in [5.74, 6) is 0.818. The third-order valence-corrected chi connectivity index (χ3v) is 5.53. The zero-order valence-corrected chi connectivity index (χ0v) is 13.5. The molecule has 2 rings (SSSR count). The quantitative estimate of drug-likeness (QED) is 0.894. The van der Waals surface area contributed by atoms with E-state index in [0.717, 1.165) is 0 Å². The molecule has 0 heterocycles. The molecule has 0 bridgehead atoms. The van der Waals surface area contributed by atoms with Gasteiger partial charge in [-0.25, -0.2) is 4.39 Å².